The van der Waals surface area contributed by atoms with Crippen molar-refractivity contribution in [3.8, 4) is 11.8 Å². The third-order valence-corrected chi connectivity index (χ3v) is 5.73. The van der Waals surface area contributed by atoms with Crippen molar-refractivity contribution in [1.29, 1.82) is 0 Å². The van der Waals surface area contributed by atoms with E-state index in [-0.39, 0.29) is 11.5 Å². The fourth-order valence-corrected chi connectivity index (χ4v) is 3.95. The van der Waals surface area contributed by atoms with Gasteiger partial charge in [0, 0.05) is 12.4 Å². The second-order valence-electron chi connectivity index (χ2n) is 6.11. The van der Waals surface area contributed by atoms with Crippen LogP contribution in [0.25, 0.3) is 0 Å². The first-order valence-corrected chi connectivity index (χ1v) is 10.2. The van der Waals surface area contributed by atoms with Crippen LogP contribution in [0.4, 0.5) is 33.6 Å². The Kier molecular flexibility index (Phi) is 6.25. The first-order chi connectivity index (χ1) is 14.9. The van der Waals surface area contributed by atoms with E-state index in [9.17, 15) is 30.4 Å². The minimum absolute atomic E-state index is 0.0439. The van der Waals surface area contributed by atoms with Crippen LogP contribution in [-0.4, -0.2) is 18.4 Å². The maximum Gasteiger partial charge on any atom is 0.416 e. The van der Waals surface area contributed by atoms with Crippen molar-refractivity contribution in [3.63, 3.8) is 0 Å². The summed E-state index contributed by atoms with van der Waals surface area (Å²) < 4.78 is 94.6. The predicted molar refractivity (Wildman–Crippen MR) is 106 cm³/mol. The Morgan fingerprint density at radius 2 is 1.69 bits per heavy atom. The molecular formula is C19H10ClF5N4O2S. The molecule has 3 rings (SSSR count). The Balaban J connectivity index is 2.00. The summed E-state index contributed by atoms with van der Waals surface area (Å²) in [4.78, 5) is 6.38. The van der Waals surface area contributed by atoms with Gasteiger partial charge in [-0.1, -0.05) is 23.4 Å². The fraction of sp³-hybridized carbons (Fsp3) is 0.0526. The van der Waals surface area contributed by atoms with Crippen molar-refractivity contribution in [2.75, 3.05) is 10.5 Å². The monoisotopic (exact) mass is 488 g/mol. The van der Waals surface area contributed by atoms with E-state index in [2.05, 4.69) is 21.8 Å². The van der Waals surface area contributed by atoms with Crippen LogP contribution in [-0.2, 0) is 16.2 Å². The minimum Gasteiger partial charge on any atom is -0.368 e. The number of halogens is 6. The van der Waals surface area contributed by atoms with E-state index in [4.69, 9.17) is 17.3 Å². The largest absolute Gasteiger partial charge is 0.416 e. The number of benzene rings is 2. The molecule has 6 nitrogen and oxygen atoms in total. The Bertz CT molecular complexity index is 1350. The number of aromatic nitrogens is 2. The van der Waals surface area contributed by atoms with Gasteiger partial charge in [0.15, 0.2) is 5.82 Å². The number of nitrogens with one attached hydrogen (secondary N) is 1. The topological polar surface area (TPSA) is 98.0 Å². The van der Waals surface area contributed by atoms with Gasteiger partial charge in [0.1, 0.15) is 10.7 Å². The molecule has 0 aliphatic heterocycles. The van der Waals surface area contributed by atoms with E-state index in [0.29, 0.717) is 12.1 Å². The Morgan fingerprint density at radius 1 is 1.03 bits per heavy atom. The Labute approximate surface area is 183 Å². The molecule has 32 heavy (non-hydrogen) atoms. The van der Waals surface area contributed by atoms with E-state index in [1.165, 1.54) is 12.4 Å². The second kappa shape index (κ2) is 8.60. The molecule has 0 spiro atoms. The lowest BCUT2D eigenvalue weighted by Crippen LogP contribution is -2.16. The summed E-state index contributed by atoms with van der Waals surface area (Å²) in [6.45, 7) is 0. The molecule has 1 aromatic heterocycles. The van der Waals surface area contributed by atoms with Crippen LogP contribution >= 0.6 is 11.6 Å². The second-order valence-corrected chi connectivity index (χ2v) is 8.17. The molecule has 2 aromatic carbocycles. The first-order valence-electron chi connectivity index (χ1n) is 8.35. The molecule has 0 aliphatic rings. The lowest BCUT2D eigenvalue weighted by molar-refractivity contribution is -0.137. The van der Waals surface area contributed by atoms with E-state index < -0.39 is 54.6 Å². The maximum atomic E-state index is 14.8. The van der Waals surface area contributed by atoms with Crippen LogP contribution in [0, 0.1) is 23.5 Å². The normalized spacial score (nSPS) is 11.6. The number of nitrogens with two attached hydrogens (primary N) is 1. The van der Waals surface area contributed by atoms with Gasteiger partial charge in [-0.3, -0.25) is 4.72 Å². The lowest BCUT2D eigenvalue weighted by Gasteiger charge is -2.13. The number of hydrogen-bond acceptors (Lipinski definition) is 5. The number of rotatable bonds is 3. The smallest absolute Gasteiger partial charge is 0.368 e. The molecule has 3 N–H and O–H groups in total. The molecule has 0 radical (unpaired) electrons. The van der Waals surface area contributed by atoms with Gasteiger partial charge >= 0.3 is 6.18 Å². The highest BCUT2D eigenvalue weighted by Crippen LogP contribution is 2.34. The number of nitrogens with zero attached hydrogens (tertiary/aromatic N) is 2. The van der Waals surface area contributed by atoms with Crippen LogP contribution in [0.5, 0.6) is 0 Å². The summed E-state index contributed by atoms with van der Waals surface area (Å²) in [7, 11) is -4.78. The van der Waals surface area contributed by atoms with Crippen molar-refractivity contribution in [2.45, 2.75) is 11.1 Å². The standard InChI is InChI=1S/C19H10ClF5N4O2S/c20-13-4-2-11(19(23,24)25)7-16(13)32(30,31)29-15-6-5-14(21)12(17(15)22)3-1-10-8-27-18(26)28-9-10/h2,4-9,29H,(H2,26,27,28). The van der Waals surface area contributed by atoms with Crippen molar-refractivity contribution in [2.24, 2.45) is 0 Å². The molecule has 13 heteroatoms. The van der Waals surface area contributed by atoms with Gasteiger partial charge in [-0.2, -0.15) is 13.2 Å². The average Bonchev–Trinajstić information content (AvgIpc) is 2.70. The van der Waals surface area contributed by atoms with E-state index in [1.54, 1.807) is 4.72 Å². The zero-order valence-corrected chi connectivity index (χ0v) is 17.1. The molecular weight excluding hydrogens is 479 g/mol. The number of nitrogen functional groups attached to an aromatic ring is 1. The predicted octanol–water partition coefficient (Wildman–Crippen LogP) is 4.21. The Hall–Kier alpha value is -3.43. The molecule has 1 heterocycles. The molecule has 0 aliphatic carbocycles. The molecule has 0 atom stereocenters. The molecule has 3 aromatic rings. The maximum absolute atomic E-state index is 14.8. The van der Waals surface area contributed by atoms with Gasteiger partial charge in [0.2, 0.25) is 5.95 Å². The van der Waals surface area contributed by atoms with Gasteiger partial charge in [-0.15, -0.1) is 0 Å². The van der Waals surface area contributed by atoms with Crippen molar-refractivity contribution >= 4 is 33.3 Å². The van der Waals surface area contributed by atoms with Crippen LogP contribution in [0.15, 0.2) is 47.6 Å². The van der Waals surface area contributed by atoms with Gasteiger partial charge in [0.25, 0.3) is 10.0 Å². The minimum atomic E-state index is -4.84. The van der Waals surface area contributed by atoms with Crippen molar-refractivity contribution in [3.05, 3.63) is 76.1 Å². The fourth-order valence-electron chi connectivity index (χ4n) is 2.37. The number of alkyl halides is 3. The van der Waals surface area contributed by atoms with Crippen LogP contribution < -0.4 is 10.5 Å². The first kappa shape index (κ1) is 23.2. The van der Waals surface area contributed by atoms with Gasteiger partial charge in [0.05, 0.1) is 27.4 Å². The Morgan fingerprint density at radius 3 is 2.31 bits per heavy atom. The molecule has 0 unspecified atom stereocenters. The number of anilines is 2. The van der Waals surface area contributed by atoms with Gasteiger partial charge in [-0.05, 0) is 30.3 Å². The highest BCUT2D eigenvalue weighted by molar-refractivity contribution is 7.92. The summed E-state index contributed by atoms with van der Waals surface area (Å²) in [5.41, 5.74) is 2.67. The number of hydrogen-bond donors (Lipinski definition) is 2. The average molecular weight is 489 g/mol. The zero-order chi connectivity index (χ0) is 23.7. The third kappa shape index (κ3) is 5.06. The molecule has 0 amide bonds. The molecule has 0 saturated heterocycles. The van der Waals surface area contributed by atoms with Crippen LogP contribution in [0.1, 0.15) is 16.7 Å². The highest BCUT2D eigenvalue weighted by atomic mass is 35.5. The van der Waals surface area contributed by atoms with Gasteiger partial charge < -0.3 is 5.73 Å². The summed E-state index contributed by atoms with van der Waals surface area (Å²) in [6, 6.07) is 3.12. The third-order valence-electron chi connectivity index (χ3n) is 3.89. The van der Waals surface area contributed by atoms with E-state index >= 15 is 0 Å². The summed E-state index contributed by atoms with van der Waals surface area (Å²) >= 11 is 5.74. The molecule has 0 fully saturated rings. The highest BCUT2D eigenvalue weighted by Gasteiger charge is 2.33. The van der Waals surface area contributed by atoms with Gasteiger partial charge in [-0.25, -0.2) is 27.2 Å². The van der Waals surface area contributed by atoms with E-state index in [0.717, 1.165) is 18.2 Å². The SMILES string of the molecule is Nc1ncc(C#Cc2c(F)ccc(NS(=O)(=O)c3cc(C(F)(F)F)ccc3Cl)c2F)cn1. The quantitative estimate of drug-likeness (QED) is 0.425. The summed E-state index contributed by atoms with van der Waals surface area (Å²) in [6.07, 6.45) is -2.44. The van der Waals surface area contributed by atoms with Crippen molar-refractivity contribution in [1.82, 2.24) is 9.97 Å². The summed E-state index contributed by atoms with van der Waals surface area (Å²) in [5.74, 6) is 2.05. The molecule has 166 valence electrons. The molecule has 0 saturated carbocycles. The lowest BCUT2D eigenvalue weighted by atomic mass is 10.1. The van der Waals surface area contributed by atoms with Crippen LogP contribution in [0.2, 0.25) is 5.02 Å². The molecule has 0 bridgehead atoms. The number of sulfonamides is 1. The van der Waals surface area contributed by atoms with Crippen molar-refractivity contribution < 1.29 is 30.4 Å². The summed E-state index contributed by atoms with van der Waals surface area (Å²) in [5, 5.41) is -0.531. The zero-order valence-electron chi connectivity index (χ0n) is 15.5. The van der Waals surface area contributed by atoms with Crippen LogP contribution in [0.3, 0.4) is 0 Å². The van der Waals surface area contributed by atoms with E-state index in [1.807, 2.05) is 0 Å².